The summed E-state index contributed by atoms with van der Waals surface area (Å²) in [4.78, 5) is 23.2. The molecule has 0 saturated carbocycles. The summed E-state index contributed by atoms with van der Waals surface area (Å²) in [6, 6.07) is 7.80. The van der Waals surface area contributed by atoms with Crippen molar-refractivity contribution < 1.29 is 8.81 Å². The van der Waals surface area contributed by atoms with Crippen molar-refractivity contribution in [1.29, 1.82) is 0 Å². The Hall–Kier alpha value is -2.80. The fourth-order valence-corrected chi connectivity index (χ4v) is 3.50. The predicted molar refractivity (Wildman–Crippen MR) is 94.3 cm³/mol. The molecule has 0 atom stereocenters. The van der Waals surface area contributed by atoms with Crippen LogP contribution in [0, 0.1) is 5.82 Å². The zero-order chi connectivity index (χ0) is 17.4. The number of hydrogen-bond acceptors (Lipinski definition) is 5. The standard InChI is InChI=1S/C18H14FN3O2S/c1-2-14-7-15-17(25-14)20-10-22(18(15)23)8-13-9-24-16(21-13)11-3-5-12(19)6-4-11/h3-7,9-10H,2,8H2,1H3. The highest BCUT2D eigenvalue weighted by molar-refractivity contribution is 7.18. The molecule has 1 aromatic carbocycles. The van der Waals surface area contributed by atoms with Crippen molar-refractivity contribution in [2.75, 3.05) is 0 Å². The molecule has 0 saturated heterocycles. The van der Waals surface area contributed by atoms with E-state index in [4.69, 9.17) is 4.42 Å². The number of aryl methyl sites for hydroxylation is 1. The first-order valence-corrected chi connectivity index (χ1v) is 8.64. The average molecular weight is 355 g/mol. The maximum absolute atomic E-state index is 13.0. The highest BCUT2D eigenvalue weighted by Crippen LogP contribution is 2.22. The number of fused-ring (bicyclic) bond motifs is 1. The summed E-state index contributed by atoms with van der Waals surface area (Å²) in [5.41, 5.74) is 1.19. The zero-order valence-electron chi connectivity index (χ0n) is 13.4. The first-order valence-electron chi connectivity index (χ1n) is 7.82. The molecule has 7 heteroatoms. The molecule has 3 aromatic heterocycles. The summed E-state index contributed by atoms with van der Waals surface area (Å²) in [6.45, 7) is 2.32. The molecule has 0 aliphatic rings. The van der Waals surface area contributed by atoms with Gasteiger partial charge in [0, 0.05) is 10.4 Å². The second-order valence-corrected chi connectivity index (χ2v) is 6.73. The minimum Gasteiger partial charge on any atom is -0.444 e. The molecule has 5 nitrogen and oxygen atoms in total. The smallest absolute Gasteiger partial charge is 0.262 e. The quantitative estimate of drug-likeness (QED) is 0.558. The van der Waals surface area contributed by atoms with Gasteiger partial charge in [-0.1, -0.05) is 6.92 Å². The van der Waals surface area contributed by atoms with Gasteiger partial charge < -0.3 is 4.42 Å². The highest BCUT2D eigenvalue weighted by atomic mass is 32.1. The van der Waals surface area contributed by atoms with Gasteiger partial charge in [0.25, 0.3) is 5.56 Å². The molecule has 0 spiro atoms. The summed E-state index contributed by atoms with van der Waals surface area (Å²) in [7, 11) is 0. The van der Waals surface area contributed by atoms with Gasteiger partial charge >= 0.3 is 0 Å². The van der Waals surface area contributed by atoms with Crippen molar-refractivity contribution in [3.8, 4) is 11.5 Å². The van der Waals surface area contributed by atoms with E-state index in [0.29, 0.717) is 22.5 Å². The van der Waals surface area contributed by atoms with Crippen molar-refractivity contribution >= 4 is 21.6 Å². The molecule has 4 aromatic rings. The monoisotopic (exact) mass is 355 g/mol. The molecule has 0 fully saturated rings. The van der Waals surface area contributed by atoms with Crippen LogP contribution in [0.4, 0.5) is 4.39 Å². The van der Waals surface area contributed by atoms with Crippen LogP contribution < -0.4 is 5.56 Å². The lowest BCUT2D eigenvalue weighted by Gasteiger charge is -2.01. The lowest BCUT2D eigenvalue weighted by molar-refractivity contribution is 0.570. The number of aromatic nitrogens is 3. The zero-order valence-corrected chi connectivity index (χ0v) is 14.2. The molecule has 0 aliphatic heterocycles. The molecule has 0 unspecified atom stereocenters. The third-order valence-electron chi connectivity index (χ3n) is 3.89. The molecule has 126 valence electrons. The molecule has 0 amide bonds. The number of oxazole rings is 1. The summed E-state index contributed by atoms with van der Waals surface area (Å²) < 4.78 is 20.0. The molecular weight excluding hydrogens is 341 g/mol. The Morgan fingerprint density at radius 3 is 2.84 bits per heavy atom. The first-order chi connectivity index (χ1) is 12.1. The van der Waals surface area contributed by atoms with Gasteiger partial charge in [0.05, 0.1) is 24.0 Å². The van der Waals surface area contributed by atoms with E-state index in [-0.39, 0.29) is 17.9 Å². The van der Waals surface area contributed by atoms with E-state index in [1.165, 1.54) is 40.6 Å². The van der Waals surface area contributed by atoms with Crippen LogP contribution in [0.15, 0.2) is 52.1 Å². The molecule has 0 bridgehead atoms. The average Bonchev–Trinajstić information content (AvgIpc) is 3.25. The van der Waals surface area contributed by atoms with Gasteiger partial charge in [-0.05, 0) is 36.8 Å². The summed E-state index contributed by atoms with van der Waals surface area (Å²) in [6.07, 6.45) is 3.91. The second kappa shape index (κ2) is 6.25. The highest BCUT2D eigenvalue weighted by Gasteiger charge is 2.11. The number of halogens is 1. The summed E-state index contributed by atoms with van der Waals surface area (Å²) >= 11 is 1.54. The molecule has 25 heavy (non-hydrogen) atoms. The van der Waals surface area contributed by atoms with Crippen molar-refractivity contribution in [1.82, 2.24) is 14.5 Å². The Morgan fingerprint density at radius 2 is 2.08 bits per heavy atom. The van der Waals surface area contributed by atoms with Crippen LogP contribution in [0.5, 0.6) is 0 Å². The SMILES string of the molecule is CCc1cc2c(=O)n(Cc3coc(-c4ccc(F)cc4)n3)cnc2s1. The van der Waals surface area contributed by atoms with Crippen LogP contribution in [0.1, 0.15) is 17.5 Å². The van der Waals surface area contributed by atoms with Crippen LogP contribution in [-0.2, 0) is 13.0 Å². The molecule has 0 radical (unpaired) electrons. The number of hydrogen-bond donors (Lipinski definition) is 0. The number of benzene rings is 1. The Bertz CT molecular complexity index is 1100. The van der Waals surface area contributed by atoms with Gasteiger partial charge in [-0.15, -0.1) is 11.3 Å². The molecule has 0 N–H and O–H groups in total. The largest absolute Gasteiger partial charge is 0.444 e. The van der Waals surface area contributed by atoms with Crippen LogP contribution in [0.25, 0.3) is 21.7 Å². The number of nitrogens with zero attached hydrogens (tertiary/aromatic N) is 3. The van der Waals surface area contributed by atoms with E-state index in [2.05, 4.69) is 16.9 Å². The fraction of sp³-hybridized carbons (Fsp3) is 0.167. The van der Waals surface area contributed by atoms with Gasteiger partial charge in [0.2, 0.25) is 5.89 Å². The van der Waals surface area contributed by atoms with Crippen molar-refractivity contribution in [3.05, 3.63) is 69.7 Å². The maximum atomic E-state index is 13.0. The van der Waals surface area contributed by atoms with Gasteiger partial charge in [0.15, 0.2) is 0 Å². The fourth-order valence-electron chi connectivity index (χ4n) is 2.58. The third kappa shape index (κ3) is 2.98. The topological polar surface area (TPSA) is 60.9 Å². The molecule has 3 heterocycles. The molecule has 4 rings (SSSR count). The van der Waals surface area contributed by atoms with E-state index in [9.17, 15) is 9.18 Å². The van der Waals surface area contributed by atoms with Gasteiger partial charge in [-0.3, -0.25) is 9.36 Å². The van der Waals surface area contributed by atoms with Crippen LogP contribution in [-0.4, -0.2) is 14.5 Å². The van der Waals surface area contributed by atoms with Crippen LogP contribution >= 0.6 is 11.3 Å². The minimum atomic E-state index is -0.316. The van der Waals surface area contributed by atoms with E-state index in [1.807, 2.05) is 6.07 Å². The molecule has 0 aliphatic carbocycles. The Balaban J connectivity index is 1.64. The lowest BCUT2D eigenvalue weighted by atomic mass is 10.2. The summed E-state index contributed by atoms with van der Waals surface area (Å²) in [5, 5.41) is 0.631. The van der Waals surface area contributed by atoms with Crippen LogP contribution in [0.2, 0.25) is 0 Å². The third-order valence-corrected chi connectivity index (χ3v) is 5.08. The Labute approximate surface area is 146 Å². The maximum Gasteiger partial charge on any atom is 0.262 e. The van der Waals surface area contributed by atoms with Crippen molar-refractivity contribution in [2.45, 2.75) is 19.9 Å². The van der Waals surface area contributed by atoms with E-state index in [0.717, 1.165) is 16.1 Å². The molecular formula is C18H14FN3O2S. The Kier molecular flexibility index (Phi) is 3.93. The van der Waals surface area contributed by atoms with E-state index < -0.39 is 0 Å². The second-order valence-electron chi connectivity index (χ2n) is 5.61. The first kappa shape index (κ1) is 15.7. The van der Waals surface area contributed by atoms with Gasteiger partial charge in [-0.25, -0.2) is 14.4 Å². The lowest BCUT2D eigenvalue weighted by Crippen LogP contribution is -2.20. The van der Waals surface area contributed by atoms with Crippen LogP contribution in [0.3, 0.4) is 0 Å². The van der Waals surface area contributed by atoms with E-state index in [1.54, 1.807) is 12.1 Å². The van der Waals surface area contributed by atoms with E-state index >= 15 is 0 Å². The Morgan fingerprint density at radius 1 is 1.28 bits per heavy atom. The summed E-state index contributed by atoms with van der Waals surface area (Å²) in [5.74, 6) is 0.0737. The van der Waals surface area contributed by atoms with Crippen molar-refractivity contribution in [2.24, 2.45) is 0 Å². The van der Waals surface area contributed by atoms with Gasteiger partial charge in [-0.2, -0.15) is 0 Å². The number of thiophene rings is 1. The minimum absolute atomic E-state index is 0.0905. The van der Waals surface area contributed by atoms with Crippen molar-refractivity contribution in [3.63, 3.8) is 0 Å². The normalized spacial score (nSPS) is 11.3. The predicted octanol–water partition coefficient (Wildman–Crippen LogP) is 3.86. The number of rotatable bonds is 4. The van der Waals surface area contributed by atoms with Gasteiger partial charge in [0.1, 0.15) is 16.9 Å².